The molecule has 0 spiro atoms. The van der Waals surface area contributed by atoms with E-state index in [-0.39, 0.29) is 17.3 Å². The summed E-state index contributed by atoms with van der Waals surface area (Å²) in [6, 6.07) is 5.85. The van der Waals surface area contributed by atoms with Gasteiger partial charge >= 0.3 is 0 Å². The lowest BCUT2D eigenvalue weighted by molar-refractivity contribution is 0.591. The van der Waals surface area contributed by atoms with Gasteiger partial charge in [-0.25, -0.2) is 17.9 Å². The summed E-state index contributed by atoms with van der Waals surface area (Å²) >= 11 is 0. The van der Waals surface area contributed by atoms with Crippen LogP contribution in [0, 0.1) is 5.82 Å². The average Bonchev–Trinajstić information content (AvgIpc) is 2.43. The van der Waals surface area contributed by atoms with Crippen molar-refractivity contribution < 1.29 is 12.8 Å². The molecule has 3 N–H and O–H groups in total. The highest BCUT2D eigenvalue weighted by molar-refractivity contribution is 7.92. The van der Waals surface area contributed by atoms with Gasteiger partial charge in [0.05, 0.1) is 4.90 Å². The van der Waals surface area contributed by atoms with Gasteiger partial charge in [-0.05, 0) is 30.8 Å². The number of H-pyrrole nitrogens is 1. The Morgan fingerprint density at radius 1 is 1.29 bits per heavy atom. The van der Waals surface area contributed by atoms with Gasteiger partial charge in [-0.2, -0.15) is 5.10 Å². The Hall–Kier alpha value is -2.26. The van der Waals surface area contributed by atoms with E-state index in [4.69, 9.17) is 0 Å². The van der Waals surface area contributed by atoms with Crippen LogP contribution >= 0.6 is 0 Å². The van der Waals surface area contributed by atoms with E-state index >= 15 is 0 Å². The Kier molecular flexibility index (Phi) is 4.34. The van der Waals surface area contributed by atoms with Crippen LogP contribution in [0.15, 0.2) is 40.0 Å². The van der Waals surface area contributed by atoms with Gasteiger partial charge in [0.25, 0.3) is 15.6 Å². The van der Waals surface area contributed by atoms with Crippen molar-refractivity contribution in [3.63, 3.8) is 0 Å². The number of hydrogen-bond donors (Lipinski definition) is 3. The second-order valence-corrected chi connectivity index (χ2v) is 5.85. The molecule has 2 rings (SSSR count). The Labute approximate surface area is 120 Å². The second-order valence-electron chi connectivity index (χ2n) is 4.19. The molecule has 0 aliphatic heterocycles. The van der Waals surface area contributed by atoms with Gasteiger partial charge in [0.2, 0.25) is 0 Å². The molecular formula is C12H13FN4O3S. The maximum Gasteiger partial charge on any atom is 0.264 e. The predicted molar refractivity (Wildman–Crippen MR) is 74.8 cm³/mol. The fourth-order valence-corrected chi connectivity index (χ4v) is 2.96. The first-order valence-electron chi connectivity index (χ1n) is 5.94. The average molecular weight is 312 g/mol. The van der Waals surface area contributed by atoms with Crippen molar-refractivity contribution in [3.8, 4) is 0 Å². The van der Waals surface area contributed by atoms with E-state index in [0.29, 0.717) is 5.56 Å². The van der Waals surface area contributed by atoms with Gasteiger partial charge in [0.15, 0.2) is 5.82 Å². The monoisotopic (exact) mass is 312 g/mol. The third kappa shape index (κ3) is 3.64. The summed E-state index contributed by atoms with van der Waals surface area (Å²) in [5.74, 6) is -0.723. The zero-order valence-corrected chi connectivity index (χ0v) is 11.9. The molecule has 0 aliphatic rings. The Balaban J connectivity index is 2.41. The number of sulfonamides is 1. The molecule has 0 saturated carbocycles. The van der Waals surface area contributed by atoms with Crippen LogP contribution in [0.3, 0.4) is 0 Å². The van der Waals surface area contributed by atoms with Gasteiger partial charge in [0.1, 0.15) is 5.82 Å². The molecule has 21 heavy (non-hydrogen) atoms. The van der Waals surface area contributed by atoms with Crippen molar-refractivity contribution in [2.24, 2.45) is 0 Å². The van der Waals surface area contributed by atoms with E-state index in [2.05, 4.69) is 20.2 Å². The minimum Gasteiger partial charge on any atom is -0.316 e. The number of anilines is 1. The standard InChI is InChI=1S/C12H13FN4O3S/c1-14-7-8-2-3-9(13)6-10(8)21(19,20)17-11-4-5-12(18)16-15-11/h2-6,14H,7H2,1H3,(H,15,17)(H,16,18). The molecule has 0 aliphatic carbocycles. The fourth-order valence-electron chi connectivity index (χ4n) is 1.71. The number of hydrogen-bond acceptors (Lipinski definition) is 5. The van der Waals surface area contributed by atoms with Crippen LogP contribution < -0.4 is 15.6 Å². The van der Waals surface area contributed by atoms with Crippen LogP contribution in [0.4, 0.5) is 10.2 Å². The van der Waals surface area contributed by atoms with Crippen LogP contribution in [0.2, 0.25) is 0 Å². The molecule has 112 valence electrons. The number of benzene rings is 1. The zero-order valence-electron chi connectivity index (χ0n) is 11.1. The highest BCUT2D eigenvalue weighted by Gasteiger charge is 2.20. The smallest absolute Gasteiger partial charge is 0.264 e. The first-order chi connectivity index (χ1) is 9.92. The molecule has 0 amide bonds. The van der Waals surface area contributed by atoms with Crippen molar-refractivity contribution in [3.05, 3.63) is 52.1 Å². The Morgan fingerprint density at radius 3 is 2.67 bits per heavy atom. The Bertz CT molecular complexity index is 784. The van der Waals surface area contributed by atoms with Crippen molar-refractivity contribution in [2.75, 3.05) is 11.8 Å². The maximum absolute atomic E-state index is 13.3. The SMILES string of the molecule is CNCc1ccc(F)cc1S(=O)(=O)Nc1ccc(=O)[nH]n1. The normalized spacial score (nSPS) is 11.3. The molecule has 1 aromatic heterocycles. The Morgan fingerprint density at radius 2 is 2.05 bits per heavy atom. The van der Waals surface area contributed by atoms with Gasteiger partial charge in [0, 0.05) is 12.6 Å². The summed E-state index contributed by atoms with van der Waals surface area (Å²) in [6.07, 6.45) is 0. The summed E-state index contributed by atoms with van der Waals surface area (Å²) in [5, 5.41) is 8.47. The molecule has 0 saturated heterocycles. The van der Waals surface area contributed by atoms with E-state index in [1.807, 2.05) is 0 Å². The molecule has 0 fully saturated rings. The fraction of sp³-hybridized carbons (Fsp3) is 0.167. The van der Waals surface area contributed by atoms with Crippen molar-refractivity contribution in [2.45, 2.75) is 11.4 Å². The number of halogens is 1. The molecule has 0 radical (unpaired) electrons. The molecule has 1 aromatic carbocycles. The number of rotatable bonds is 5. The predicted octanol–water partition coefficient (Wildman–Crippen LogP) is 0.429. The molecule has 1 heterocycles. The lowest BCUT2D eigenvalue weighted by atomic mass is 10.2. The van der Waals surface area contributed by atoms with E-state index in [1.165, 1.54) is 18.2 Å². The molecule has 0 unspecified atom stereocenters. The van der Waals surface area contributed by atoms with Gasteiger partial charge < -0.3 is 5.32 Å². The zero-order chi connectivity index (χ0) is 15.5. The first kappa shape index (κ1) is 15.1. The van der Waals surface area contributed by atoms with Gasteiger partial charge in [-0.3, -0.25) is 9.52 Å². The topological polar surface area (TPSA) is 104 Å². The molecule has 9 heteroatoms. The largest absolute Gasteiger partial charge is 0.316 e. The van der Waals surface area contributed by atoms with E-state index in [1.54, 1.807) is 7.05 Å². The van der Waals surface area contributed by atoms with Crippen LogP contribution in [-0.4, -0.2) is 25.7 Å². The number of nitrogens with one attached hydrogen (secondary N) is 3. The summed E-state index contributed by atoms with van der Waals surface area (Å²) in [4.78, 5) is 10.7. The minimum absolute atomic E-state index is 0.0609. The summed E-state index contributed by atoms with van der Waals surface area (Å²) in [6.45, 7) is 0.259. The maximum atomic E-state index is 13.3. The quantitative estimate of drug-likeness (QED) is 0.743. The lowest BCUT2D eigenvalue weighted by Crippen LogP contribution is -2.19. The lowest BCUT2D eigenvalue weighted by Gasteiger charge is -2.11. The highest BCUT2D eigenvalue weighted by Crippen LogP contribution is 2.19. The highest BCUT2D eigenvalue weighted by atomic mass is 32.2. The van der Waals surface area contributed by atoms with Crippen molar-refractivity contribution in [1.29, 1.82) is 0 Å². The van der Waals surface area contributed by atoms with Crippen molar-refractivity contribution >= 4 is 15.8 Å². The van der Waals surface area contributed by atoms with E-state index in [0.717, 1.165) is 12.1 Å². The molecule has 0 bridgehead atoms. The summed E-state index contributed by atoms with van der Waals surface area (Å²) in [7, 11) is -2.37. The minimum atomic E-state index is -4.02. The molecule has 2 aromatic rings. The third-order valence-electron chi connectivity index (χ3n) is 2.60. The second kappa shape index (κ2) is 6.02. The number of nitrogens with zero attached hydrogens (tertiary/aromatic N) is 1. The molecular weight excluding hydrogens is 299 g/mol. The van der Waals surface area contributed by atoms with Crippen molar-refractivity contribution in [1.82, 2.24) is 15.5 Å². The van der Waals surface area contributed by atoms with Gasteiger partial charge in [-0.1, -0.05) is 6.07 Å². The van der Waals surface area contributed by atoms with E-state index in [9.17, 15) is 17.6 Å². The van der Waals surface area contributed by atoms with E-state index < -0.39 is 21.4 Å². The van der Waals surface area contributed by atoms with Crippen LogP contribution in [0.25, 0.3) is 0 Å². The molecule has 0 atom stereocenters. The van der Waals surface area contributed by atoms with Crippen LogP contribution in [0.5, 0.6) is 0 Å². The van der Waals surface area contributed by atoms with Gasteiger partial charge in [-0.15, -0.1) is 0 Å². The number of aromatic nitrogens is 2. The van der Waals surface area contributed by atoms with Crippen LogP contribution in [-0.2, 0) is 16.6 Å². The summed E-state index contributed by atoms with van der Waals surface area (Å²) < 4.78 is 40.1. The molecule has 7 nitrogen and oxygen atoms in total. The first-order valence-corrected chi connectivity index (χ1v) is 7.42. The summed E-state index contributed by atoms with van der Waals surface area (Å²) in [5.41, 5.74) is -0.0459. The third-order valence-corrected chi connectivity index (χ3v) is 4.04. The van der Waals surface area contributed by atoms with Crippen LogP contribution in [0.1, 0.15) is 5.56 Å². The number of aromatic amines is 1.